The molecule has 0 aliphatic carbocycles. The highest BCUT2D eigenvalue weighted by Gasteiger charge is 2.12. The zero-order chi connectivity index (χ0) is 25.3. The Morgan fingerprint density at radius 2 is 0.853 bits per heavy atom. The minimum absolute atomic E-state index is 0.547. The van der Waals surface area contributed by atoms with E-state index in [-0.39, 0.29) is 0 Å². The van der Waals surface area contributed by atoms with Crippen molar-refractivity contribution in [1.29, 1.82) is 0 Å². The van der Waals surface area contributed by atoms with Gasteiger partial charge in [-0.15, -0.1) is 0 Å². The van der Waals surface area contributed by atoms with Gasteiger partial charge < -0.3 is 36.0 Å². The Kier molecular flexibility index (Phi) is 10.2. The fourth-order valence-corrected chi connectivity index (χ4v) is 2.84. The minimum atomic E-state index is 0.547. The van der Waals surface area contributed by atoms with E-state index in [1.54, 1.807) is 0 Å². The van der Waals surface area contributed by atoms with Gasteiger partial charge in [0.25, 0.3) is 0 Å². The van der Waals surface area contributed by atoms with Crippen LogP contribution in [0.5, 0.6) is 0 Å². The molecule has 0 bridgehead atoms. The Morgan fingerprint density at radius 1 is 0.529 bits per heavy atom. The van der Waals surface area contributed by atoms with Crippen LogP contribution in [0.1, 0.15) is 0 Å². The van der Waals surface area contributed by atoms with Crippen LogP contribution in [0, 0.1) is 0 Å². The Labute approximate surface area is 202 Å². The van der Waals surface area contributed by atoms with Crippen LogP contribution < -0.4 is 36.0 Å². The van der Waals surface area contributed by atoms with Gasteiger partial charge in [-0.05, 0) is 0 Å². The lowest BCUT2D eigenvalue weighted by Gasteiger charge is -2.22. The number of hydrogen-bond donors (Lipinski definition) is 3. The molecule has 2 aromatic heterocycles. The van der Waals surface area contributed by atoms with Gasteiger partial charge in [0, 0.05) is 95.6 Å². The van der Waals surface area contributed by atoms with Gasteiger partial charge in [-0.3, -0.25) is 4.90 Å². The fraction of sp³-hybridized carbons (Fsp3) is 0.700. The van der Waals surface area contributed by atoms with E-state index >= 15 is 0 Å². The van der Waals surface area contributed by atoms with Gasteiger partial charge in [0.05, 0.1) is 0 Å². The van der Waals surface area contributed by atoms with Crippen molar-refractivity contribution < 1.29 is 0 Å². The summed E-state index contributed by atoms with van der Waals surface area (Å²) in [6.07, 6.45) is 0. The molecular formula is C20H40N14. The molecule has 0 fully saturated rings. The van der Waals surface area contributed by atoms with Crippen LogP contribution in [-0.4, -0.2) is 130 Å². The molecule has 0 aliphatic rings. The molecule has 2 rings (SSSR count). The highest BCUT2D eigenvalue weighted by atomic mass is 15.4. The van der Waals surface area contributed by atoms with Gasteiger partial charge >= 0.3 is 0 Å². The molecule has 14 heteroatoms. The number of rotatable bonds is 14. The van der Waals surface area contributed by atoms with Crippen molar-refractivity contribution in [2.45, 2.75) is 0 Å². The van der Waals surface area contributed by atoms with Crippen LogP contribution >= 0.6 is 0 Å². The molecule has 0 aliphatic heterocycles. The Morgan fingerprint density at radius 3 is 1.12 bits per heavy atom. The van der Waals surface area contributed by atoms with Crippen molar-refractivity contribution in [3.05, 3.63) is 0 Å². The first kappa shape index (κ1) is 27.0. The molecule has 14 nitrogen and oxygen atoms in total. The third-order valence-electron chi connectivity index (χ3n) is 4.69. The van der Waals surface area contributed by atoms with E-state index in [4.69, 9.17) is 5.73 Å². The van der Waals surface area contributed by atoms with Gasteiger partial charge in [0.1, 0.15) is 0 Å². The van der Waals surface area contributed by atoms with Crippen molar-refractivity contribution in [3.63, 3.8) is 0 Å². The van der Waals surface area contributed by atoms with Crippen molar-refractivity contribution in [2.24, 2.45) is 5.73 Å². The summed E-state index contributed by atoms with van der Waals surface area (Å²) in [4.78, 5) is 36.5. The summed E-state index contributed by atoms with van der Waals surface area (Å²) in [7, 11) is 15.3. The molecule has 2 heterocycles. The summed E-state index contributed by atoms with van der Waals surface area (Å²) < 4.78 is 0. The van der Waals surface area contributed by atoms with Gasteiger partial charge in [-0.25, -0.2) is 0 Å². The molecule has 0 radical (unpaired) electrons. The zero-order valence-corrected chi connectivity index (χ0v) is 21.7. The van der Waals surface area contributed by atoms with E-state index in [0.717, 1.165) is 19.6 Å². The van der Waals surface area contributed by atoms with Crippen molar-refractivity contribution in [3.8, 4) is 0 Å². The first-order chi connectivity index (χ1) is 16.1. The molecule has 2 aromatic rings. The predicted octanol–water partition coefficient (Wildman–Crippen LogP) is -0.895. The highest BCUT2D eigenvalue weighted by molar-refractivity contribution is 5.44. The van der Waals surface area contributed by atoms with E-state index in [1.807, 2.05) is 76.0 Å². The second-order valence-corrected chi connectivity index (χ2v) is 8.58. The predicted molar refractivity (Wildman–Crippen MR) is 139 cm³/mol. The summed E-state index contributed by atoms with van der Waals surface area (Å²) in [5, 5.41) is 6.62. The number of nitrogens with one attached hydrogen (secondary N) is 2. The van der Waals surface area contributed by atoms with Crippen molar-refractivity contribution in [1.82, 2.24) is 34.8 Å². The molecule has 34 heavy (non-hydrogen) atoms. The largest absolute Gasteiger partial charge is 0.353 e. The van der Waals surface area contributed by atoms with Crippen LogP contribution in [0.3, 0.4) is 0 Å². The third kappa shape index (κ3) is 8.26. The SMILES string of the molecule is CN(C)c1nc(NCCN(CCN)CCNc2nc(N(C)C)nc(N(C)C)n2)nc(N(C)C)n1. The number of nitrogens with zero attached hydrogens (tertiary/aromatic N) is 11. The van der Waals surface area contributed by atoms with Crippen molar-refractivity contribution in [2.75, 3.05) is 126 Å². The first-order valence-corrected chi connectivity index (χ1v) is 11.2. The molecule has 190 valence electrons. The van der Waals surface area contributed by atoms with E-state index in [1.165, 1.54) is 0 Å². The van der Waals surface area contributed by atoms with Crippen LogP contribution in [0.2, 0.25) is 0 Å². The summed E-state index contributed by atoms with van der Waals surface area (Å²) >= 11 is 0. The van der Waals surface area contributed by atoms with Crippen molar-refractivity contribution >= 4 is 35.7 Å². The van der Waals surface area contributed by atoms with Gasteiger partial charge in [0.15, 0.2) is 0 Å². The smallest absolute Gasteiger partial charge is 0.231 e. The molecule has 4 N–H and O–H groups in total. The molecule has 0 atom stereocenters. The molecule has 0 amide bonds. The summed E-state index contributed by atoms with van der Waals surface area (Å²) in [6, 6.07) is 0. The van der Waals surface area contributed by atoms with Crippen LogP contribution in [-0.2, 0) is 0 Å². The Bertz CT molecular complexity index is 764. The third-order valence-corrected chi connectivity index (χ3v) is 4.69. The lowest BCUT2D eigenvalue weighted by atomic mass is 10.4. The fourth-order valence-electron chi connectivity index (χ4n) is 2.84. The monoisotopic (exact) mass is 476 g/mol. The average Bonchev–Trinajstić information content (AvgIpc) is 2.78. The first-order valence-electron chi connectivity index (χ1n) is 11.2. The summed E-state index contributed by atoms with van der Waals surface area (Å²) in [5.41, 5.74) is 5.84. The number of nitrogens with two attached hydrogens (primary N) is 1. The average molecular weight is 477 g/mol. The van der Waals surface area contributed by atoms with E-state index in [9.17, 15) is 0 Å². The van der Waals surface area contributed by atoms with Gasteiger partial charge in [-0.2, -0.15) is 29.9 Å². The van der Waals surface area contributed by atoms with Crippen LogP contribution in [0.15, 0.2) is 0 Å². The maximum atomic E-state index is 5.84. The maximum Gasteiger partial charge on any atom is 0.231 e. The molecule has 0 aromatic carbocycles. The normalized spacial score (nSPS) is 10.9. The standard InChI is InChI=1S/C20H40N14/c1-30(2)17-24-15(25-18(28-17)31(3)4)22-10-13-34(12-9-21)14-11-23-16-26-19(32(5)6)29-20(27-16)33(7)8/h9-14,21H2,1-8H3,(H,22,24,25,28)(H,23,26,27,29). The lowest BCUT2D eigenvalue weighted by Crippen LogP contribution is -2.37. The van der Waals surface area contributed by atoms with Crippen LogP contribution in [0.25, 0.3) is 0 Å². The van der Waals surface area contributed by atoms with E-state index in [0.29, 0.717) is 55.3 Å². The summed E-state index contributed by atoms with van der Waals surface area (Å²) in [5.74, 6) is 3.52. The number of hydrogen-bond acceptors (Lipinski definition) is 14. The van der Waals surface area contributed by atoms with Gasteiger partial charge in [0.2, 0.25) is 35.7 Å². The second kappa shape index (κ2) is 12.8. The quantitative estimate of drug-likeness (QED) is 0.310. The molecule has 0 saturated heterocycles. The number of aromatic nitrogens is 6. The Hall–Kier alpha value is -3.26. The minimum Gasteiger partial charge on any atom is -0.353 e. The topological polar surface area (TPSA) is 144 Å². The van der Waals surface area contributed by atoms with Crippen LogP contribution in [0.4, 0.5) is 35.7 Å². The van der Waals surface area contributed by atoms with E-state index in [2.05, 4.69) is 45.4 Å². The zero-order valence-electron chi connectivity index (χ0n) is 21.7. The molecule has 0 spiro atoms. The second-order valence-electron chi connectivity index (χ2n) is 8.58. The highest BCUT2D eigenvalue weighted by Crippen LogP contribution is 2.14. The van der Waals surface area contributed by atoms with Gasteiger partial charge in [-0.1, -0.05) is 0 Å². The Balaban J connectivity index is 1.95. The maximum absolute atomic E-state index is 5.84. The molecule has 0 saturated carbocycles. The lowest BCUT2D eigenvalue weighted by molar-refractivity contribution is 0.302. The number of anilines is 6. The van der Waals surface area contributed by atoms with E-state index < -0.39 is 0 Å². The molecule has 0 unspecified atom stereocenters. The summed E-state index contributed by atoms with van der Waals surface area (Å²) in [6.45, 7) is 4.25. The molecular weight excluding hydrogens is 436 g/mol.